The Hall–Kier alpha value is -2.22. The number of aryl methyl sites for hydroxylation is 1. The molecule has 0 saturated heterocycles. The van der Waals surface area contributed by atoms with Gasteiger partial charge in [-0.15, -0.1) is 0 Å². The van der Waals surface area contributed by atoms with Crippen LogP contribution in [-0.2, 0) is 33.3 Å². The van der Waals surface area contributed by atoms with E-state index < -0.39 is 43.9 Å². The highest BCUT2D eigenvalue weighted by molar-refractivity contribution is 7.86. The summed E-state index contributed by atoms with van der Waals surface area (Å²) in [5, 5.41) is 18.8. The Balaban J connectivity index is 0.000000311. The normalized spacial score (nSPS) is 13.6. The number of hydrogen-bond donors (Lipinski definition) is 4. The highest BCUT2D eigenvalue weighted by Gasteiger charge is 2.19. The lowest BCUT2D eigenvalue weighted by atomic mass is 10.2. The lowest BCUT2D eigenvalue weighted by Crippen LogP contribution is -2.44. The van der Waals surface area contributed by atoms with E-state index >= 15 is 0 Å². The van der Waals surface area contributed by atoms with Gasteiger partial charge >= 0.3 is 0 Å². The molecule has 31 heavy (non-hydrogen) atoms. The van der Waals surface area contributed by atoms with Crippen LogP contribution in [0.1, 0.15) is 11.3 Å². The molecule has 2 aromatic heterocycles. The van der Waals surface area contributed by atoms with E-state index in [-0.39, 0.29) is 13.1 Å². The second-order valence-corrected chi connectivity index (χ2v) is 9.83. The highest BCUT2D eigenvalue weighted by Crippen LogP contribution is 1.97. The summed E-state index contributed by atoms with van der Waals surface area (Å²) in [6.07, 6.45) is 4.58. The molecule has 12 heteroatoms. The summed E-state index contributed by atoms with van der Waals surface area (Å²) in [6, 6.07) is 9.05. The quantitative estimate of drug-likeness (QED) is 0.276. The molecule has 10 nitrogen and oxygen atoms in total. The summed E-state index contributed by atoms with van der Waals surface area (Å²) in [5.74, 6) is -1.31. The minimum Gasteiger partial charge on any atom is -0.385 e. The Labute approximate surface area is 182 Å². The largest absolute Gasteiger partial charge is 0.385 e. The Morgan fingerprint density at radius 1 is 0.903 bits per heavy atom. The highest BCUT2D eigenvalue weighted by atomic mass is 32.2. The standard InChI is InChI=1S/C10H13NO4S.C9H13NO4S/c1-2-9-3-5-11(6-4-9)7-10(12)8-16(13,14)15;1-8-4-2-3-5-10(8)6-9(11)7-15(12,13)14/h2-6,10,12H,1,7-8H2;2-5,9,11H,6-7H2,1H3/p+2. The van der Waals surface area contributed by atoms with E-state index in [1.807, 2.05) is 19.1 Å². The van der Waals surface area contributed by atoms with Crippen LogP contribution in [0.4, 0.5) is 0 Å². The fourth-order valence-electron chi connectivity index (χ4n) is 2.56. The third-order valence-electron chi connectivity index (χ3n) is 3.96. The average molecular weight is 477 g/mol. The number of nitrogens with zero attached hydrogens (tertiary/aromatic N) is 2. The van der Waals surface area contributed by atoms with E-state index in [0.29, 0.717) is 0 Å². The molecule has 172 valence electrons. The van der Waals surface area contributed by atoms with Crippen molar-refractivity contribution in [3.05, 3.63) is 66.8 Å². The number of aromatic nitrogens is 2. The van der Waals surface area contributed by atoms with Crippen molar-refractivity contribution in [2.24, 2.45) is 0 Å². The summed E-state index contributed by atoms with van der Waals surface area (Å²) in [7, 11) is -8.26. The average Bonchev–Trinajstić information content (AvgIpc) is 2.62. The number of aliphatic hydroxyl groups excluding tert-OH is 2. The maximum atomic E-state index is 10.5. The van der Waals surface area contributed by atoms with Crippen LogP contribution >= 0.6 is 0 Å². The Kier molecular flexibility index (Phi) is 10.4. The van der Waals surface area contributed by atoms with E-state index in [9.17, 15) is 27.0 Å². The topological polar surface area (TPSA) is 157 Å². The molecular weight excluding hydrogens is 448 g/mol. The molecule has 0 spiro atoms. The fourth-order valence-corrected chi connectivity index (χ4v) is 3.74. The van der Waals surface area contributed by atoms with Crippen molar-refractivity contribution < 1.29 is 45.3 Å². The van der Waals surface area contributed by atoms with E-state index in [0.717, 1.165) is 11.3 Å². The molecule has 2 unspecified atom stereocenters. The molecule has 0 bridgehead atoms. The van der Waals surface area contributed by atoms with Gasteiger partial charge in [0.15, 0.2) is 37.4 Å². The Bertz CT molecular complexity index is 1050. The maximum absolute atomic E-state index is 10.5. The van der Waals surface area contributed by atoms with Crippen molar-refractivity contribution >= 4 is 26.3 Å². The zero-order chi connectivity index (χ0) is 23.7. The van der Waals surface area contributed by atoms with Gasteiger partial charge in [0.1, 0.15) is 23.7 Å². The van der Waals surface area contributed by atoms with Crippen molar-refractivity contribution in [2.45, 2.75) is 32.2 Å². The molecule has 0 fully saturated rings. The van der Waals surface area contributed by atoms with Gasteiger partial charge in [-0.3, -0.25) is 9.11 Å². The molecular formula is C19H28N2O8S2+2. The summed E-state index contributed by atoms with van der Waals surface area (Å²) in [4.78, 5) is 0. The molecule has 0 radical (unpaired) electrons. The number of rotatable bonds is 9. The van der Waals surface area contributed by atoms with E-state index in [1.54, 1.807) is 52.0 Å². The first-order valence-corrected chi connectivity index (χ1v) is 12.3. The van der Waals surface area contributed by atoms with Crippen LogP contribution in [0.2, 0.25) is 0 Å². The predicted molar refractivity (Wildman–Crippen MR) is 113 cm³/mol. The van der Waals surface area contributed by atoms with Crippen LogP contribution in [0, 0.1) is 6.92 Å². The number of aliphatic hydroxyl groups is 2. The Morgan fingerprint density at radius 3 is 1.87 bits per heavy atom. The van der Waals surface area contributed by atoms with Crippen LogP contribution in [0.5, 0.6) is 0 Å². The van der Waals surface area contributed by atoms with E-state index in [2.05, 4.69) is 6.58 Å². The summed E-state index contributed by atoms with van der Waals surface area (Å²) in [5.41, 5.74) is 1.84. The molecule has 0 amide bonds. The monoisotopic (exact) mass is 476 g/mol. The molecule has 0 aliphatic carbocycles. The smallest absolute Gasteiger partial charge is 0.267 e. The van der Waals surface area contributed by atoms with Gasteiger partial charge in [-0.2, -0.15) is 21.4 Å². The number of pyridine rings is 2. The molecule has 0 saturated carbocycles. The molecule has 2 heterocycles. The van der Waals surface area contributed by atoms with Gasteiger partial charge in [0.05, 0.1) is 0 Å². The molecule has 2 atom stereocenters. The van der Waals surface area contributed by atoms with Gasteiger partial charge < -0.3 is 10.2 Å². The van der Waals surface area contributed by atoms with Gasteiger partial charge in [0, 0.05) is 31.2 Å². The van der Waals surface area contributed by atoms with Crippen LogP contribution in [0.25, 0.3) is 6.08 Å². The van der Waals surface area contributed by atoms with Crippen molar-refractivity contribution in [3.8, 4) is 0 Å². The van der Waals surface area contributed by atoms with Gasteiger partial charge in [-0.05, 0) is 5.56 Å². The molecule has 2 rings (SSSR count). The molecule has 2 aromatic rings. The summed E-state index contributed by atoms with van der Waals surface area (Å²) >= 11 is 0. The van der Waals surface area contributed by atoms with Crippen molar-refractivity contribution in [2.75, 3.05) is 11.5 Å². The SMILES string of the molecule is C=Cc1cc[n+](CC(O)CS(=O)(=O)O)cc1.Cc1cccc[n+]1CC(O)CS(=O)(=O)O. The summed E-state index contributed by atoms with van der Waals surface area (Å²) in [6.45, 7) is 5.70. The second-order valence-electron chi connectivity index (χ2n) is 6.83. The zero-order valence-corrected chi connectivity index (χ0v) is 18.7. The first-order chi connectivity index (χ1) is 14.3. The van der Waals surface area contributed by atoms with Crippen molar-refractivity contribution in [3.63, 3.8) is 0 Å². The van der Waals surface area contributed by atoms with Gasteiger partial charge in [-0.1, -0.05) is 18.7 Å². The van der Waals surface area contributed by atoms with Gasteiger partial charge in [-0.25, -0.2) is 4.57 Å². The summed E-state index contributed by atoms with van der Waals surface area (Å²) < 4.78 is 62.4. The lowest BCUT2D eigenvalue weighted by Gasteiger charge is -2.06. The zero-order valence-electron chi connectivity index (χ0n) is 17.0. The first-order valence-electron chi connectivity index (χ1n) is 9.12. The molecule has 0 aliphatic rings. The minimum absolute atomic E-state index is 0.108. The third-order valence-corrected chi connectivity index (χ3v) is 5.57. The Morgan fingerprint density at radius 2 is 1.42 bits per heavy atom. The molecule has 0 aromatic carbocycles. The fraction of sp³-hybridized carbons (Fsp3) is 0.368. The van der Waals surface area contributed by atoms with Crippen LogP contribution in [-0.4, -0.2) is 59.9 Å². The lowest BCUT2D eigenvalue weighted by molar-refractivity contribution is -0.708. The third kappa shape index (κ3) is 12.3. The van der Waals surface area contributed by atoms with Gasteiger partial charge in [0.25, 0.3) is 20.2 Å². The number of hydrogen-bond acceptors (Lipinski definition) is 6. The predicted octanol–water partition coefficient (Wildman–Crippen LogP) is -0.603. The first kappa shape index (κ1) is 26.8. The molecule has 4 N–H and O–H groups in total. The minimum atomic E-state index is -4.14. The van der Waals surface area contributed by atoms with Crippen LogP contribution < -0.4 is 9.13 Å². The molecule has 0 aliphatic heterocycles. The van der Waals surface area contributed by atoms with E-state index in [4.69, 9.17) is 9.11 Å². The van der Waals surface area contributed by atoms with Gasteiger partial charge in [0.2, 0.25) is 0 Å². The van der Waals surface area contributed by atoms with Crippen LogP contribution in [0.3, 0.4) is 0 Å². The van der Waals surface area contributed by atoms with Crippen LogP contribution in [0.15, 0.2) is 55.5 Å². The maximum Gasteiger partial charge on any atom is 0.267 e. The van der Waals surface area contributed by atoms with E-state index in [1.165, 1.54) is 0 Å². The van der Waals surface area contributed by atoms with Crippen molar-refractivity contribution in [1.29, 1.82) is 0 Å². The second kappa shape index (κ2) is 12.0. The van der Waals surface area contributed by atoms with Crippen molar-refractivity contribution in [1.82, 2.24) is 0 Å².